The van der Waals surface area contributed by atoms with Crippen LogP contribution in [0.1, 0.15) is 17.3 Å². The highest BCUT2D eigenvalue weighted by Crippen LogP contribution is 2.35. The van der Waals surface area contributed by atoms with Crippen molar-refractivity contribution in [1.29, 1.82) is 0 Å². The number of nitrogens with zero attached hydrogens (tertiary/aromatic N) is 2. The number of aromatic nitrogens is 3. The summed E-state index contributed by atoms with van der Waals surface area (Å²) >= 11 is 0. The number of rotatable bonds is 6. The second kappa shape index (κ2) is 7.63. The molecule has 7 nitrogen and oxygen atoms in total. The van der Waals surface area contributed by atoms with Crippen LogP contribution in [0.2, 0.25) is 0 Å². The summed E-state index contributed by atoms with van der Waals surface area (Å²) in [4.78, 5) is 16.6. The number of aromatic carboxylic acids is 1. The average Bonchev–Trinajstić information content (AvgIpc) is 3.18. The van der Waals surface area contributed by atoms with E-state index < -0.39 is 5.97 Å². The van der Waals surface area contributed by atoms with Gasteiger partial charge in [-0.15, -0.1) is 0 Å². The molecule has 2 aromatic carbocycles. The Morgan fingerprint density at radius 2 is 1.86 bits per heavy atom. The second-order valence-electron chi connectivity index (χ2n) is 6.32. The smallest absolute Gasteiger partial charge is 0.336 e. The van der Waals surface area contributed by atoms with Crippen LogP contribution in [0.25, 0.3) is 33.5 Å². The van der Waals surface area contributed by atoms with Gasteiger partial charge >= 0.3 is 5.97 Å². The summed E-state index contributed by atoms with van der Waals surface area (Å²) in [6.07, 6.45) is 0. The van der Waals surface area contributed by atoms with E-state index in [2.05, 4.69) is 15.2 Å². The van der Waals surface area contributed by atoms with Crippen LogP contribution in [0.4, 0.5) is 0 Å². The van der Waals surface area contributed by atoms with Crippen molar-refractivity contribution in [1.82, 2.24) is 15.2 Å². The lowest BCUT2D eigenvalue weighted by atomic mass is 10.0. The summed E-state index contributed by atoms with van der Waals surface area (Å²) < 4.78 is 10.9. The molecule has 2 aromatic heterocycles. The molecule has 0 bridgehead atoms. The fourth-order valence-corrected chi connectivity index (χ4v) is 3.26. The van der Waals surface area contributed by atoms with Gasteiger partial charge in [0.05, 0.1) is 36.1 Å². The predicted octanol–water partition coefficient (Wildman–Crippen LogP) is 4.40. The van der Waals surface area contributed by atoms with E-state index in [4.69, 9.17) is 9.47 Å². The quantitative estimate of drug-likeness (QED) is 0.507. The Labute approximate surface area is 166 Å². The average molecular weight is 389 g/mol. The number of ether oxygens (including phenoxy) is 2. The molecule has 0 atom stereocenters. The van der Waals surface area contributed by atoms with Crippen molar-refractivity contribution in [3.63, 3.8) is 0 Å². The molecule has 146 valence electrons. The molecule has 0 aliphatic heterocycles. The number of hydrogen-bond donors (Lipinski definition) is 2. The molecule has 0 aliphatic rings. The van der Waals surface area contributed by atoms with Crippen LogP contribution in [-0.4, -0.2) is 40.0 Å². The molecule has 29 heavy (non-hydrogen) atoms. The SMILES string of the molecule is CCOc1ccc(-c2cc(C(=O)O)c3c(-c4ccccc4)[nH]nc3n2)cc1OC. The molecule has 0 unspecified atom stereocenters. The zero-order chi connectivity index (χ0) is 20.4. The van der Waals surface area contributed by atoms with Gasteiger partial charge in [0.2, 0.25) is 0 Å². The molecule has 0 spiro atoms. The van der Waals surface area contributed by atoms with E-state index in [0.29, 0.717) is 46.1 Å². The third-order valence-corrected chi connectivity index (χ3v) is 4.58. The molecule has 2 heterocycles. The number of carbonyl (C=O) groups is 1. The zero-order valence-corrected chi connectivity index (χ0v) is 16.0. The minimum Gasteiger partial charge on any atom is -0.493 e. The second-order valence-corrected chi connectivity index (χ2v) is 6.32. The Bertz CT molecular complexity index is 1190. The Morgan fingerprint density at radius 3 is 2.55 bits per heavy atom. The maximum absolute atomic E-state index is 12.0. The van der Waals surface area contributed by atoms with Crippen molar-refractivity contribution in [2.24, 2.45) is 0 Å². The van der Waals surface area contributed by atoms with Crippen molar-refractivity contribution in [2.45, 2.75) is 6.92 Å². The van der Waals surface area contributed by atoms with Crippen molar-refractivity contribution < 1.29 is 19.4 Å². The highest BCUT2D eigenvalue weighted by molar-refractivity contribution is 6.08. The Morgan fingerprint density at radius 1 is 1.07 bits per heavy atom. The van der Waals surface area contributed by atoms with Crippen LogP contribution in [0.15, 0.2) is 54.6 Å². The topological polar surface area (TPSA) is 97.3 Å². The largest absolute Gasteiger partial charge is 0.493 e. The van der Waals surface area contributed by atoms with Crippen molar-refractivity contribution >= 4 is 17.0 Å². The fraction of sp³-hybridized carbons (Fsp3) is 0.136. The van der Waals surface area contributed by atoms with Crippen molar-refractivity contribution in [3.05, 3.63) is 60.2 Å². The van der Waals surface area contributed by atoms with Gasteiger partial charge in [-0.25, -0.2) is 9.78 Å². The standard InChI is InChI=1S/C22H19N3O4/c1-3-29-17-10-9-14(11-18(17)28-2)16-12-15(22(26)27)19-20(24-25-21(19)23-16)13-7-5-4-6-8-13/h4-12H,3H2,1-2H3,(H,26,27)(H,23,24,25). The van der Waals surface area contributed by atoms with E-state index in [0.717, 1.165) is 5.56 Å². The van der Waals surface area contributed by atoms with E-state index in [1.54, 1.807) is 25.3 Å². The number of carboxylic acids is 1. The minimum atomic E-state index is -1.05. The van der Waals surface area contributed by atoms with Gasteiger partial charge < -0.3 is 14.6 Å². The van der Waals surface area contributed by atoms with E-state index in [1.807, 2.05) is 43.3 Å². The molecule has 0 saturated heterocycles. The number of fused-ring (bicyclic) bond motifs is 1. The summed E-state index contributed by atoms with van der Waals surface area (Å²) in [6.45, 7) is 2.41. The lowest BCUT2D eigenvalue weighted by Crippen LogP contribution is -2.01. The lowest BCUT2D eigenvalue weighted by molar-refractivity contribution is 0.0699. The number of aromatic amines is 1. The molecule has 0 fully saturated rings. The summed E-state index contributed by atoms with van der Waals surface area (Å²) in [7, 11) is 1.56. The molecular formula is C22H19N3O4. The minimum absolute atomic E-state index is 0.130. The lowest BCUT2D eigenvalue weighted by Gasteiger charge is -2.11. The van der Waals surface area contributed by atoms with Crippen LogP contribution >= 0.6 is 0 Å². The molecule has 4 aromatic rings. The van der Waals surface area contributed by atoms with Gasteiger partial charge in [-0.05, 0) is 31.2 Å². The molecule has 7 heteroatoms. The monoisotopic (exact) mass is 389 g/mol. The van der Waals surface area contributed by atoms with E-state index in [1.165, 1.54) is 0 Å². The van der Waals surface area contributed by atoms with E-state index >= 15 is 0 Å². The molecule has 4 rings (SSSR count). The number of carboxylic acid groups (broad SMARTS) is 1. The third kappa shape index (κ3) is 3.38. The van der Waals surface area contributed by atoms with Crippen LogP contribution in [0.5, 0.6) is 11.5 Å². The Hall–Kier alpha value is -3.87. The summed E-state index contributed by atoms with van der Waals surface area (Å²) in [5, 5.41) is 17.5. The molecule has 0 saturated carbocycles. The van der Waals surface area contributed by atoms with Crippen LogP contribution in [0, 0.1) is 0 Å². The van der Waals surface area contributed by atoms with Gasteiger partial charge in [-0.2, -0.15) is 5.10 Å². The zero-order valence-electron chi connectivity index (χ0n) is 16.0. The Balaban J connectivity index is 1.89. The highest BCUT2D eigenvalue weighted by atomic mass is 16.5. The fourth-order valence-electron chi connectivity index (χ4n) is 3.26. The summed E-state index contributed by atoms with van der Waals surface area (Å²) in [5.74, 6) is 0.120. The van der Waals surface area contributed by atoms with Crippen LogP contribution in [-0.2, 0) is 0 Å². The first-order valence-corrected chi connectivity index (χ1v) is 9.11. The molecular weight excluding hydrogens is 370 g/mol. The van der Waals surface area contributed by atoms with Crippen LogP contribution < -0.4 is 9.47 Å². The van der Waals surface area contributed by atoms with Gasteiger partial charge in [-0.3, -0.25) is 5.10 Å². The number of pyridine rings is 1. The molecule has 2 N–H and O–H groups in total. The molecule has 0 radical (unpaired) electrons. The number of benzene rings is 2. The number of H-pyrrole nitrogens is 1. The predicted molar refractivity (Wildman–Crippen MR) is 109 cm³/mol. The highest BCUT2D eigenvalue weighted by Gasteiger charge is 2.20. The van der Waals surface area contributed by atoms with Crippen molar-refractivity contribution in [2.75, 3.05) is 13.7 Å². The Kier molecular flexibility index (Phi) is 4.87. The van der Waals surface area contributed by atoms with Crippen molar-refractivity contribution in [3.8, 4) is 34.0 Å². The van der Waals surface area contributed by atoms with Gasteiger partial charge in [0.25, 0.3) is 0 Å². The molecule has 0 aliphatic carbocycles. The maximum atomic E-state index is 12.0. The van der Waals surface area contributed by atoms with Gasteiger partial charge in [0.15, 0.2) is 17.1 Å². The van der Waals surface area contributed by atoms with Gasteiger partial charge in [0.1, 0.15) is 0 Å². The molecule has 0 amide bonds. The van der Waals surface area contributed by atoms with Crippen LogP contribution in [0.3, 0.4) is 0 Å². The van der Waals surface area contributed by atoms with Gasteiger partial charge in [-0.1, -0.05) is 30.3 Å². The normalized spacial score (nSPS) is 10.8. The first-order chi connectivity index (χ1) is 14.1. The van der Waals surface area contributed by atoms with Gasteiger partial charge in [0, 0.05) is 11.1 Å². The van der Waals surface area contributed by atoms with E-state index in [-0.39, 0.29) is 5.56 Å². The number of hydrogen-bond acceptors (Lipinski definition) is 5. The summed E-state index contributed by atoms with van der Waals surface area (Å²) in [5.41, 5.74) is 3.13. The summed E-state index contributed by atoms with van der Waals surface area (Å²) in [6, 6.07) is 16.4. The number of nitrogens with one attached hydrogen (secondary N) is 1. The number of methoxy groups -OCH3 is 1. The first kappa shape index (κ1) is 18.5. The third-order valence-electron chi connectivity index (χ3n) is 4.58. The van der Waals surface area contributed by atoms with E-state index in [9.17, 15) is 9.90 Å². The first-order valence-electron chi connectivity index (χ1n) is 9.11. The maximum Gasteiger partial charge on any atom is 0.336 e.